The second-order valence-electron chi connectivity index (χ2n) is 9.44. The molecule has 0 radical (unpaired) electrons. The lowest BCUT2D eigenvalue weighted by molar-refractivity contribution is -0.175. The molecule has 9 nitrogen and oxygen atoms in total. The zero-order valence-electron chi connectivity index (χ0n) is 18.3. The number of phenolic OH excluding ortho intramolecular Hbond substituents is 1. The summed E-state index contributed by atoms with van der Waals surface area (Å²) in [4.78, 5) is 68.5. The van der Waals surface area contributed by atoms with Gasteiger partial charge in [-0.3, -0.25) is 29.0 Å². The van der Waals surface area contributed by atoms with Gasteiger partial charge in [-0.15, -0.1) is 0 Å². The molecule has 1 aromatic carbocycles. The maximum absolute atomic E-state index is 13.6. The van der Waals surface area contributed by atoms with Gasteiger partial charge in [0.05, 0.1) is 17.2 Å². The van der Waals surface area contributed by atoms with Gasteiger partial charge in [-0.2, -0.15) is 0 Å². The molecule has 1 heterocycles. The molecule has 0 bridgehead atoms. The lowest BCUT2D eigenvalue weighted by atomic mass is 9.53. The SMILES string of the molecule is Cc1ccnc(-c2ccc(O)c3c2C[C@H]2C[C@H]4CC(=O)C(C(N)=O)C(=O)[C@@]4(O)C(=O)C2C3=O)c1. The minimum Gasteiger partial charge on any atom is -0.507 e. The number of hydrogen-bond acceptors (Lipinski definition) is 8. The molecule has 1 aromatic heterocycles. The first-order chi connectivity index (χ1) is 16.1. The number of ketones is 4. The Balaban J connectivity index is 1.62. The summed E-state index contributed by atoms with van der Waals surface area (Å²) in [5.74, 6) is -10.2. The van der Waals surface area contributed by atoms with Crippen molar-refractivity contribution in [1.82, 2.24) is 4.98 Å². The van der Waals surface area contributed by atoms with E-state index >= 15 is 0 Å². The van der Waals surface area contributed by atoms with E-state index in [0.29, 0.717) is 16.8 Å². The molecule has 34 heavy (non-hydrogen) atoms. The highest BCUT2D eigenvalue weighted by molar-refractivity contribution is 6.31. The van der Waals surface area contributed by atoms with Gasteiger partial charge in [-0.05, 0) is 61.1 Å². The fourth-order valence-electron chi connectivity index (χ4n) is 5.89. The Morgan fingerprint density at radius 3 is 2.53 bits per heavy atom. The predicted octanol–water partition coefficient (Wildman–Crippen LogP) is 0.697. The van der Waals surface area contributed by atoms with E-state index in [1.165, 1.54) is 6.07 Å². The zero-order chi connectivity index (χ0) is 24.5. The summed E-state index contributed by atoms with van der Waals surface area (Å²) >= 11 is 0. The van der Waals surface area contributed by atoms with Gasteiger partial charge in [0.2, 0.25) is 5.91 Å². The van der Waals surface area contributed by atoms with Gasteiger partial charge in [0.25, 0.3) is 0 Å². The molecule has 1 amide bonds. The molecule has 2 aromatic rings. The Morgan fingerprint density at radius 1 is 1.12 bits per heavy atom. The Morgan fingerprint density at radius 2 is 1.85 bits per heavy atom. The summed E-state index contributed by atoms with van der Waals surface area (Å²) in [7, 11) is 0. The van der Waals surface area contributed by atoms with Crippen molar-refractivity contribution in [1.29, 1.82) is 0 Å². The van der Waals surface area contributed by atoms with Crippen LogP contribution in [0.3, 0.4) is 0 Å². The fourth-order valence-corrected chi connectivity index (χ4v) is 5.89. The van der Waals surface area contributed by atoms with Crippen LogP contribution in [0.5, 0.6) is 5.75 Å². The highest BCUT2D eigenvalue weighted by Crippen LogP contribution is 2.50. The number of rotatable bonds is 2. The van der Waals surface area contributed by atoms with Crippen molar-refractivity contribution in [2.75, 3.05) is 0 Å². The fraction of sp³-hybridized carbons (Fsp3) is 0.360. The van der Waals surface area contributed by atoms with Gasteiger partial charge in [0.1, 0.15) is 5.75 Å². The third-order valence-corrected chi connectivity index (χ3v) is 7.48. The standard InChI is InChI=1S/C25H22N2O7/c1-10-4-5-27-15(6-10)13-2-3-16(28)19-14(13)8-11-7-12-9-17(29)20(24(26)33)23(32)25(12,34)22(31)18(11)21(19)30/h2-6,11-12,18,20,28,34H,7-9H2,1H3,(H2,26,33)/t11-,12+,18?,20?,25+/m1/s1. The lowest BCUT2D eigenvalue weighted by Crippen LogP contribution is -2.68. The van der Waals surface area contributed by atoms with E-state index in [1.54, 1.807) is 12.3 Å². The smallest absolute Gasteiger partial charge is 0.235 e. The number of fused-ring (bicyclic) bond motifs is 3. The molecule has 2 unspecified atom stereocenters. The van der Waals surface area contributed by atoms with Gasteiger partial charge >= 0.3 is 0 Å². The summed E-state index contributed by atoms with van der Waals surface area (Å²) in [6, 6.07) is 6.69. The molecule has 0 aliphatic heterocycles. The van der Waals surface area contributed by atoms with Gasteiger partial charge in [0.15, 0.2) is 34.7 Å². The summed E-state index contributed by atoms with van der Waals surface area (Å²) in [6.45, 7) is 1.90. The number of aromatic nitrogens is 1. The number of primary amides is 1. The number of nitrogens with two attached hydrogens (primary N) is 1. The lowest BCUT2D eigenvalue weighted by Gasteiger charge is -2.48. The minimum atomic E-state index is -2.65. The molecule has 9 heteroatoms. The van der Waals surface area contributed by atoms with E-state index in [4.69, 9.17) is 5.73 Å². The van der Waals surface area contributed by atoms with Crippen LogP contribution in [0.25, 0.3) is 11.3 Å². The molecule has 0 spiro atoms. The largest absolute Gasteiger partial charge is 0.507 e. The Kier molecular flexibility index (Phi) is 4.80. The molecule has 5 rings (SSSR count). The van der Waals surface area contributed by atoms with E-state index in [-0.39, 0.29) is 30.6 Å². The summed E-state index contributed by atoms with van der Waals surface area (Å²) in [6.07, 6.45) is 1.54. The number of hydrogen-bond donors (Lipinski definition) is 3. The Bertz CT molecular complexity index is 1320. The maximum atomic E-state index is 13.6. The number of aromatic hydroxyl groups is 1. The first-order valence-electron chi connectivity index (χ1n) is 11.0. The van der Waals surface area contributed by atoms with Crippen LogP contribution in [0.15, 0.2) is 30.5 Å². The number of phenols is 1. The Labute approximate surface area is 194 Å². The number of nitrogens with zero attached hydrogens (tertiary/aromatic N) is 1. The first kappa shape index (κ1) is 22.1. The molecule has 3 aliphatic rings. The van der Waals surface area contributed by atoms with Crippen molar-refractivity contribution < 1.29 is 34.2 Å². The third-order valence-electron chi connectivity index (χ3n) is 7.48. The molecule has 5 atom stereocenters. The second kappa shape index (κ2) is 7.39. The summed E-state index contributed by atoms with van der Waals surface area (Å²) < 4.78 is 0. The number of Topliss-reactive ketones (excluding diaryl/α,β-unsaturated/α-hetero) is 4. The second-order valence-corrected chi connectivity index (χ2v) is 9.44. The monoisotopic (exact) mass is 462 g/mol. The highest BCUT2D eigenvalue weighted by atomic mass is 16.3. The number of pyridine rings is 1. The van der Waals surface area contributed by atoms with E-state index in [9.17, 15) is 34.2 Å². The van der Waals surface area contributed by atoms with Crippen molar-refractivity contribution >= 4 is 29.0 Å². The number of aryl methyl sites for hydroxylation is 1. The summed E-state index contributed by atoms with van der Waals surface area (Å²) in [5.41, 5.74) is 5.24. The van der Waals surface area contributed by atoms with Crippen LogP contribution in [0.4, 0.5) is 0 Å². The minimum absolute atomic E-state index is 0.0387. The van der Waals surface area contributed by atoms with Gasteiger partial charge in [-0.25, -0.2) is 0 Å². The van der Waals surface area contributed by atoms with Gasteiger partial charge in [0, 0.05) is 24.1 Å². The normalized spacial score (nSPS) is 30.4. The van der Waals surface area contributed by atoms with E-state index in [1.807, 2.05) is 19.1 Å². The first-order valence-corrected chi connectivity index (χ1v) is 11.0. The van der Waals surface area contributed by atoms with Crippen molar-refractivity contribution in [2.24, 2.45) is 29.4 Å². The van der Waals surface area contributed by atoms with Crippen molar-refractivity contribution in [2.45, 2.75) is 31.8 Å². The number of carbonyl (C=O) groups is 5. The average Bonchev–Trinajstić information content (AvgIpc) is 2.76. The van der Waals surface area contributed by atoms with Crippen molar-refractivity contribution in [3.05, 3.63) is 47.2 Å². The predicted molar refractivity (Wildman–Crippen MR) is 116 cm³/mol. The van der Waals surface area contributed by atoms with E-state index in [0.717, 1.165) is 5.56 Å². The summed E-state index contributed by atoms with van der Waals surface area (Å²) in [5, 5.41) is 21.8. The van der Waals surface area contributed by atoms with Gasteiger partial charge in [-0.1, -0.05) is 0 Å². The molecule has 4 N–H and O–H groups in total. The van der Waals surface area contributed by atoms with E-state index < -0.39 is 58.3 Å². The zero-order valence-corrected chi connectivity index (χ0v) is 18.3. The molecule has 2 saturated carbocycles. The van der Waals surface area contributed by atoms with Crippen LogP contribution >= 0.6 is 0 Å². The van der Waals surface area contributed by atoms with Crippen molar-refractivity contribution in [3.8, 4) is 17.0 Å². The Hall–Kier alpha value is -3.72. The van der Waals surface area contributed by atoms with Crippen LogP contribution in [0.1, 0.15) is 34.3 Å². The molecule has 3 aliphatic carbocycles. The van der Waals surface area contributed by atoms with Crippen LogP contribution in [0, 0.1) is 30.6 Å². The van der Waals surface area contributed by atoms with E-state index in [2.05, 4.69) is 4.98 Å². The average molecular weight is 462 g/mol. The molecule has 174 valence electrons. The van der Waals surface area contributed by atoms with Crippen LogP contribution in [-0.2, 0) is 25.6 Å². The molecule has 0 saturated heterocycles. The van der Waals surface area contributed by atoms with Crippen molar-refractivity contribution in [3.63, 3.8) is 0 Å². The molecular weight excluding hydrogens is 440 g/mol. The topological polar surface area (TPSA) is 165 Å². The molecule has 2 fully saturated rings. The quantitative estimate of drug-likeness (QED) is 0.549. The number of amides is 1. The number of aliphatic hydroxyl groups is 1. The highest BCUT2D eigenvalue weighted by Gasteiger charge is 2.66. The number of benzene rings is 1. The number of carbonyl (C=O) groups excluding carboxylic acids is 5. The molecular formula is C25H22N2O7. The third kappa shape index (κ3) is 2.89. The van der Waals surface area contributed by atoms with Crippen LogP contribution in [0.2, 0.25) is 0 Å². The van der Waals surface area contributed by atoms with Crippen LogP contribution in [-0.4, -0.2) is 49.8 Å². The maximum Gasteiger partial charge on any atom is 0.235 e. The van der Waals surface area contributed by atoms with Crippen LogP contribution < -0.4 is 5.73 Å². The van der Waals surface area contributed by atoms with Gasteiger partial charge < -0.3 is 15.9 Å².